The number of benzene rings is 2. The second kappa shape index (κ2) is 9.37. The Kier molecular flexibility index (Phi) is 6.63. The van der Waals surface area contributed by atoms with Gasteiger partial charge in [0.25, 0.3) is 11.8 Å². The third-order valence-corrected chi connectivity index (χ3v) is 4.62. The van der Waals surface area contributed by atoms with Crippen molar-refractivity contribution in [3.05, 3.63) is 58.1 Å². The summed E-state index contributed by atoms with van der Waals surface area (Å²) in [5, 5.41) is 2.38. The predicted molar refractivity (Wildman–Crippen MR) is 117 cm³/mol. The molecule has 0 aromatic heterocycles. The largest absolute Gasteiger partial charge is 0.490 e. The van der Waals surface area contributed by atoms with Crippen molar-refractivity contribution in [2.75, 3.05) is 18.1 Å². The number of ether oxygens (including phenoxy) is 2. The standard InChI is InChI=1S/C23H19ClN2O5/c1-4-10-31-20-18(24)12-15(13-19(20)30-5-2)11-17-21(27)25-23(29)26(22(17)28)16-8-6-14(3)7-9-16/h1,6-9,11-13H,5,10H2,2-3H3,(H,25,27,29)/b17-11-. The van der Waals surface area contributed by atoms with E-state index >= 15 is 0 Å². The van der Waals surface area contributed by atoms with Gasteiger partial charge in [0.1, 0.15) is 12.2 Å². The number of amides is 4. The first-order valence-corrected chi connectivity index (χ1v) is 9.74. The number of halogens is 1. The molecule has 1 aliphatic heterocycles. The number of carbonyl (C=O) groups excluding carboxylic acids is 3. The van der Waals surface area contributed by atoms with E-state index in [0.29, 0.717) is 23.6 Å². The number of anilines is 1. The lowest BCUT2D eigenvalue weighted by Crippen LogP contribution is -2.54. The molecule has 2 aromatic carbocycles. The van der Waals surface area contributed by atoms with E-state index in [9.17, 15) is 14.4 Å². The fourth-order valence-corrected chi connectivity index (χ4v) is 3.21. The lowest BCUT2D eigenvalue weighted by atomic mass is 10.1. The molecule has 1 heterocycles. The van der Waals surface area contributed by atoms with Crippen LogP contribution in [0.1, 0.15) is 18.1 Å². The summed E-state index contributed by atoms with van der Waals surface area (Å²) >= 11 is 6.31. The maximum absolute atomic E-state index is 13.0. The van der Waals surface area contributed by atoms with Gasteiger partial charge in [-0.3, -0.25) is 14.9 Å². The summed E-state index contributed by atoms with van der Waals surface area (Å²) in [5.74, 6) is 1.37. The van der Waals surface area contributed by atoms with Crippen LogP contribution in [0.3, 0.4) is 0 Å². The Morgan fingerprint density at radius 1 is 1.16 bits per heavy atom. The number of aryl methyl sites for hydroxylation is 1. The van der Waals surface area contributed by atoms with E-state index in [4.69, 9.17) is 27.5 Å². The number of nitrogens with one attached hydrogen (secondary N) is 1. The van der Waals surface area contributed by atoms with Crippen LogP contribution < -0.4 is 19.7 Å². The predicted octanol–water partition coefficient (Wildman–Crippen LogP) is 3.73. The first-order chi connectivity index (χ1) is 14.8. The molecule has 0 aliphatic carbocycles. The lowest BCUT2D eigenvalue weighted by molar-refractivity contribution is -0.122. The summed E-state index contributed by atoms with van der Waals surface area (Å²) in [5.41, 5.74) is 1.50. The van der Waals surface area contributed by atoms with Gasteiger partial charge in [0, 0.05) is 0 Å². The van der Waals surface area contributed by atoms with Gasteiger partial charge >= 0.3 is 6.03 Å². The quantitative estimate of drug-likeness (QED) is 0.422. The smallest absolute Gasteiger partial charge is 0.335 e. The lowest BCUT2D eigenvalue weighted by Gasteiger charge is -2.26. The summed E-state index contributed by atoms with van der Waals surface area (Å²) in [7, 11) is 0. The van der Waals surface area contributed by atoms with E-state index in [1.165, 1.54) is 12.1 Å². The molecular formula is C23H19ClN2O5. The summed E-state index contributed by atoms with van der Waals surface area (Å²) in [6.07, 6.45) is 6.57. The summed E-state index contributed by atoms with van der Waals surface area (Å²) in [4.78, 5) is 38.6. The number of barbiturate groups is 1. The van der Waals surface area contributed by atoms with Gasteiger partial charge < -0.3 is 9.47 Å². The highest BCUT2D eigenvalue weighted by Crippen LogP contribution is 2.37. The summed E-state index contributed by atoms with van der Waals surface area (Å²) in [6, 6.07) is 9.04. The van der Waals surface area contributed by atoms with Crippen molar-refractivity contribution in [3.63, 3.8) is 0 Å². The normalized spacial score (nSPS) is 15.0. The Balaban J connectivity index is 2.02. The Bertz CT molecular complexity index is 1120. The van der Waals surface area contributed by atoms with Crippen LogP contribution in [0.4, 0.5) is 10.5 Å². The Morgan fingerprint density at radius 2 is 1.87 bits per heavy atom. The van der Waals surface area contributed by atoms with Crippen LogP contribution in [0.25, 0.3) is 6.08 Å². The number of carbonyl (C=O) groups is 3. The molecule has 0 atom stereocenters. The van der Waals surface area contributed by atoms with Crippen molar-refractivity contribution in [2.24, 2.45) is 0 Å². The van der Waals surface area contributed by atoms with Gasteiger partial charge in [0.05, 0.1) is 17.3 Å². The minimum atomic E-state index is -0.818. The molecule has 0 spiro atoms. The van der Waals surface area contributed by atoms with E-state index in [1.807, 2.05) is 6.92 Å². The van der Waals surface area contributed by atoms with Crippen LogP contribution in [-0.4, -0.2) is 31.1 Å². The average molecular weight is 439 g/mol. The number of hydrogen-bond acceptors (Lipinski definition) is 5. The molecule has 0 radical (unpaired) electrons. The molecule has 4 amide bonds. The molecule has 1 N–H and O–H groups in total. The van der Waals surface area contributed by atoms with Crippen molar-refractivity contribution in [1.82, 2.24) is 5.32 Å². The third kappa shape index (κ3) is 4.71. The molecule has 7 nitrogen and oxygen atoms in total. The van der Waals surface area contributed by atoms with Crippen LogP contribution in [0.2, 0.25) is 5.02 Å². The highest BCUT2D eigenvalue weighted by Gasteiger charge is 2.36. The van der Waals surface area contributed by atoms with Crippen molar-refractivity contribution < 1.29 is 23.9 Å². The van der Waals surface area contributed by atoms with Crippen molar-refractivity contribution in [2.45, 2.75) is 13.8 Å². The second-order valence-electron chi connectivity index (χ2n) is 6.55. The van der Waals surface area contributed by atoms with E-state index in [1.54, 1.807) is 37.3 Å². The van der Waals surface area contributed by atoms with Crippen LogP contribution in [0.5, 0.6) is 11.5 Å². The zero-order chi connectivity index (χ0) is 22.5. The summed E-state index contributed by atoms with van der Waals surface area (Å²) < 4.78 is 11.0. The fraction of sp³-hybridized carbons (Fsp3) is 0.174. The van der Waals surface area contributed by atoms with E-state index in [0.717, 1.165) is 10.5 Å². The highest BCUT2D eigenvalue weighted by atomic mass is 35.5. The average Bonchev–Trinajstić information content (AvgIpc) is 2.72. The molecule has 0 bridgehead atoms. The number of imide groups is 2. The second-order valence-corrected chi connectivity index (χ2v) is 6.96. The van der Waals surface area contributed by atoms with Gasteiger partial charge in [-0.2, -0.15) is 0 Å². The van der Waals surface area contributed by atoms with E-state index in [2.05, 4.69) is 11.2 Å². The first-order valence-electron chi connectivity index (χ1n) is 9.36. The SMILES string of the molecule is C#CCOc1c(Cl)cc(/C=C2/C(=O)NC(=O)N(c3ccc(C)cc3)C2=O)cc1OCC. The number of hydrogen-bond donors (Lipinski definition) is 1. The first kappa shape index (κ1) is 21.9. The molecule has 31 heavy (non-hydrogen) atoms. The molecule has 1 fully saturated rings. The maximum Gasteiger partial charge on any atom is 0.335 e. The van der Waals surface area contributed by atoms with Crippen LogP contribution in [0.15, 0.2) is 42.0 Å². The van der Waals surface area contributed by atoms with Gasteiger partial charge in [0.15, 0.2) is 11.5 Å². The zero-order valence-electron chi connectivity index (χ0n) is 16.9. The van der Waals surface area contributed by atoms with Gasteiger partial charge in [0.2, 0.25) is 0 Å². The van der Waals surface area contributed by atoms with E-state index in [-0.39, 0.29) is 23.0 Å². The zero-order valence-corrected chi connectivity index (χ0v) is 17.7. The molecule has 1 aliphatic rings. The van der Waals surface area contributed by atoms with Crippen molar-refractivity contribution in [1.29, 1.82) is 0 Å². The molecule has 158 valence electrons. The highest BCUT2D eigenvalue weighted by molar-refractivity contribution is 6.39. The number of terminal acetylenes is 1. The van der Waals surface area contributed by atoms with Crippen molar-refractivity contribution in [3.8, 4) is 23.8 Å². The van der Waals surface area contributed by atoms with Gasteiger partial charge in [-0.05, 0) is 49.8 Å². The van der Waals surface area contributed by atoms with Gasteiger partial charge in [-0.15, -0.1) is 6.42 Å². The number of nitrogens with zero attached hydrogens (tertiary/aromatic N) is 1. The Hall–Kier alpha value is -3.76. The van der Waals surface area contributed by atoms with Crippen LogP contribution >= 0.6 is 11.6 Å². The molecule has 1 saturated heterocycles. The monoisotopic (exact) mass is 438 g/mol. The minimum Gasteiger partial charge on any atom is -0.490 e. The molecule has 3 rings (SSSR count). The Labute approximate surface area is 184 Å². The number of urea groups is 1. The van der Waals surface area contributed by atoms with Crippen LogP contribution in [0, 0.1) is 19.3 Å². The minimum absolute atomic E-state index is 0.00521. The van der Waals surface area contributed by atoms with Gasteiger partial charge in [-0.25, -0.2) is 9.69 Å². The molecule has 8 heteroatoms. The van der Waals surface area contributed by atoms with Gasteiger partial charge in [-0.1, -0.05) is 35.2 Å². The van der Waals surface area contributed by atoms with E-state index < -0.39 is 17.8 Å². The Morgan fingerprint density at radius 3 is 2.52 bits per heavy atom. The topological polar surface area (TPSA) is 84.9 Å². The third-order valence-electron chi connectivity index (χ3n) is 4.34. The van der Waals surface area contributed by atoms with Crippen LogP contribution in [-0.2, 0) is 9.59 Å². The fourth-order valence-electron chi connectivity index (χ4n) is 2.94. The summed E-state index contributed by atoms with van der Waals surface area (Å²) in [6.45, 7) is 3.99. The molecule has 2 aromatic rings. The molecule has 0 saturated carbocycles. The molecular weight excluding hydrogens is 420 g/mol. The van der Waals surface area contributed by atoms with Crippen molar-refractivity contribution >= 4 is 41.2 Å². The number of rotatable bonds is 6. The maximum atomic E-state index is 13.0. The molecule has 0 unspecified atom stereocenters.